The average molecular weight is 360 g/mol. The van der Waals surface area contributed by atoms with E-state index in [-0.39, 0.29) is 10.7 Å². The predicted octanol–water partition coefficient (Wildman–Crippen LogP) is 3.34. The molecule has 0 aliphatic carbocycles. The molecule has 0 saturated heterocycles. The molecule has 0 aliphatic rings. The third-order valence-corrected chi connectivity index (χ3v) is 4.93. The van der Waals surface area contributed by atoms with Gasteiger partial charge >= 0.3 is 0 Å². The number of hydrogen-bond acceptors (Lipinski definition) is 6. The highest BCUT2D eigenvalue weighted by atomic mass is 32.2. The molecule has 0 unspecified atom stereocenters. The van der Waals surface area contributed by atoms with Crippen molar-refractivity contribution in [2.75, 3.05) is 13.7 Å². The van der Waals surface area contributed by atoms with E-state index in [1.807, 2.05) is 6.92 Å². The summed E-state index contributed by atoms with van der Waals surface area (Å²) in [6, 6.07) is 12.8. The molecule has 0 N–H and O–H groups in total. The first-order valence-corrected chi connectivity index (χ1v) is 8.87. The topological polar surface area (TPSA) is 82.8 Å². The molecule has 1 aromatic heterocycles. The Kier molecular flexibility index (Phi) is 4.61. The summed E-state index contributed by atoms with van der Waals surface area (Å²) in [6.07, 6.45) is 0. The van der Waals surface area contributed by atoms with Gasteiger partial charge < -0.3 is 9.15 Å². The minimum atomic E-state index is -4.00. The maximum atomic E-state index is 12.2. The van der Waals surface area contributed by atoms with Crippen LogP contribution in [0.2, 0.25) is 0 Å². The fraction of sp³-hybridized carbons (Fsp3) is 0.167. The van der Waals surface area contributed by atoms with E-state index < -0.39 is 22.5 Å². The second kappa shape index (κ2) is 6.70. The second-order valence-electron chi connectivity index (χ2n) is 5.47. The Hall–Kier alpha value is -2.64. The maximum absolute atomic E-state index is 12.2. The van der Waals surface area contributed by atoms with E-state index in [9.17, 15) is 13.2 Å². The molecule has 3 aromatic rings. The van der Waals surface area contributed by atoms with Gasteiger partial charge in [-0.25, -0.2) is 0 Å². The minimum absolute atomic E-state index is 0.000224. The highest BCUT2D eigenvalue weighted by Crippen LogP contribution is 2.24. The molecule has 0 aliphatic heterocycles. The van der Waals surface area contributed by atoms with Gasteiger partial charge in [-0.3, -0.25) is 8.98 Å². The number of aryl methyl sites for hydroxylation is 1. The van der Waals surface area contributed by atoms with Crippen molar-refractivity contribution in [1.82, 2.24) is 0 Å². The van der Waals surface area contributed by atoms with Gasteiger partial charge in [0.2, 0.25) is 5.78 Å². The number of ketones is 1. The summed E-state index contributed by atoms with van der Waals surface area (Å²) in [4.78, 5) is 12.2. The first-order valence-electron chi connectivity index (χ1n) is 7.46. The molecule has 3 rings (SSSR count). The lowest BCUT2D eigenvalue weighted by molar-refractivity contribution is 0.0899. The first kappa shape index (κ1) is 17.2. The van der Waals surface area contributed by atoms with Gasteiger partial charge in [0.05, 0.1) is 12.0 Å². The molecule has 6 nitrogen and oxygen atoms in total. The third-order valence-electron chi connectivity index (χ3n) is 3.65. The number of carbonyl (C=O) groups excluding carboxylic acids is 1. The highest BCUT2D eigenvalue weighted by Gasteiger charge is 2.20. The Labute approximate surface area is 145 Å². The van der Waals surface area contributed by atoms with Gasteiger partial charge in [0.1, 0.15) is 17.9 Å². The molecule has 130 valence electrons. The molecule has 0 amide bonds. The van der Waals surface area contributed by atoms with Crippen LogP contribution in [0, 0.1) is 6.92 Å². The molecule has 0 spiro atoms. The predicted molar refractivity (Wildman–Crippen MR) is 91.4 cm³/mol. The van der Waals surface area contributed by atoms with Crippen LogP contribution in [-0.2, 0) is 14.3 Å². The lowest BCUT2D eigenvalue weighted by Crippen LogP contribution is -2.14. The quantitative estimate of drug-likeness (QED) is 0.495. The van der Waals surface area contributed by atoms with E-state index in [2.05, 4.69) is 0 Å². The summed E-state index contributed by atoms with van der Waals surface area (Å²) in [6.45, 7) is 1.21. The Morgan fingerprint density at radius 2 is 1.80 bits per heavy atom. The molecule has 0 radical (unpaired) electrons. The summed E-state index contributed by atoms with van der Waals surface area (Å²) in [7, 11) is -2.46. The van der Waals surface area contributed by atoms with Crippen molar-refractivity contribution in [3.8, 4) is 5.75 Å². The Morgan fingerprint density at radius 3 is 2.48 bits per heavy atom. The Morgan fingerprint density at radius 1 is 1.08 bits per heavy atom. The molecule has 0 saturated carbocycles. The smallest absolute Gasteiger partial charge is 0.297 e. The van der Waals surface area contributed by atoms with Crippen molar-refractivity contribution in [3.63, 3.8) is 0 Å². The van der Waals surface area contributed by atoms with Gasteiger partial charge in [0.15, 0.2) is 5.76 Å². The van der Waals surface area contributed by atoms with Gasteiger partial charge in [-0.15, -0.1) is 0 Å². The molecule has 1 heterocycles. The van der Waals surface area contributed by atoms with Crippen molar-refractivity contribution >= 4 is 26.9 Å². The summed E-state index contributed by atoms with van der Waals surface area (Å²) >= 11 is 0. The summed E-state index contributed by atoms with van der Waals surface area (Å²) < 4.78 is 39.6. The fourth-order valence-corrected chi connectivity index (χ4v) is 3.13. The number of ether oxygens (including phenoxy) is 1. The Balaban J connectivity index is 1.75. The number of Topliss-reactive ketones (excluding diaryl/α,β-unsaturated/α-hetero) is 1. The van der Waals surface area contributed by atoms with Crippen molar-refractivity contribution in [3.05, 3.63) is 59.9 Å². The molecule has 0 atom stereocenters. The van der Waals surface area contributed by atoms with Crippen LogP contribution in [0.15, 0.2) is 57.8 Å². The number of carbonyl (C=O) groups is 1. The Bertz CT molecular complexity index is 1020. The average Bonchev–Trinajstić information content (AvgIpc) is 3.03. The van der Waals surface area contributed by atoms with Gasteiger partial charge in [0, 0.05) is 5.39 Å². The van der Waals surface area contributed by atoms with Crippen LogP contribution < -0.4 is 4.74 Å². The number of fused-ring (bicyclic) bond motifs is 1. The highest BCUT2D eigenvalue weighted by molar-refractivity contribution is 7.86. The zero-order valence-corrected chi connectivity index (χ0v) is 14.5. The van der Waals surface area contributed by atoms with E-state index in [0.717, 1.165) is 5.56 Å². The van der Waals surface area contributed by atoms with E-state index in [1.165, 1.54) is 25.3 Å². The molecule has 0 fully saturated rings. The first-order chi connectivity index (χ1) is 11.9. The monoisotopic (exact) mass is 360 g/mol. The lowest BCUT2D eigenvalue weighted by atomic mass is 10.2. The SMILES string of the molecule is COc1ccc2oc(C(=O)COS(=O)(=O)c3ccc(C)cc3)cc2c1. The third kappa shape index (κ3) is 3.72. The van der Waals surface area contributed by atoms with E-state index in [4.69, 9.17) is 13.3 Å². The number of furan rings is 1. The number of benzene rings is 2. The van der Waals surface area contributed by atoms with Crippen LogP contribution in [0.3, 0.4) is 0 Å². The standard InChI is InChI=1S/C18H16O6S/c1-12-3-6-15(7-4-12)25(20,21)23-11-16(19)18-10-13-9-14(22-2)5-8-17(13)24-18/h3-10H,11H2,1-2H3. The zero-order chi connectivity index (χ0) is 18.0. The summed E-state index contributed by atoms with van der Waals surface area (Å²) in [5, 5.41) is 0.684. The van der Waals surface area contributed by atoms with Crippen molar-refractivity contribution in [2.24, 2.45) is 0 Å². The normalized spacial score (nSPS) is 11.6. The second-order valence-corrected chi connectivity index (χ2v) is 7.08. The van der Waals surface area contributed by atoms with Crippen LogP contribution in [-0.4, -0.2) is 27.9 Å². The minimum Gasteiger partial charge on any atom is -0.497 e. The maximum Gasteiger partial charge on any atom is 0.297 e. The van der Waals surface area contributed by atoms with E-state index in [1.54, 1.807) is 30.3 Å². The van der Waals surface area contributed by atoms with Crippen LogP contribution in [0.5, 0.6) is 5.75 Å². The summed E-state index contributed by atoms with van der Waals surface area (Å²) in [5.41, 5.74) is 1.43. The van der Waals surface area contributed by atoms with Crippen LogP contribution in [0.25, 0.3) is 11.0 Å². The van der Waals surface area contributed by atoms with Crippen molar-refractivity contribution in [1.29, 1.82) is 0 Å². The number of methoxy groups -OCH3 is 1. The van der Waals surface area contributed by atoms with Crippen molar-refractivity contribution < 1.29 is 26.5 Å². The van der Waals surface area contributed by atoms with Crippen LogP contribution in [0.1, 0.15) is 16.1 Å². The number of rotatable bonds is 6. The molecule has 0 bridgehead atoms. The summed E-state index contributed by atoms with van der Waals surface area (Å²) in [5.74, 6) is 0.0960. The van der Waals surface area contributed by atoms with Crippen molar-refractivity contribution in [2.45, 2.75) is 11.8 Å². The number of hydrogen-bond donors (Lipinski definition) is 0. The van der Waals surface area contributed by atoms with Gasteiger partial charge in [0.25, 0.3) is 10.1 Å². The van der Waals surface area contributed by atoms with E-state index in [0.29, 0.717) is 16.7 Å². The van der Waals surface area contributed by atoms with Crippen LogP contribution >= 0.6 is 0 Å². The molecule has 2 aromatic carbocycles. The van der Waals surface area contributed by atoms with Gasteiger partial charge in [-0.05, 0) is 43.3 Å². The van der Waals surface area contributed by atoms with E-state index >= 15 is 0 Å². The van der Waals surface area contributed by atoms with Crippen LogP contribution in [0.4, 0.5) is 0 Å². The zero-order valence-electron chi connectivity index (χ0n) is 13.7. The van der Waals surface area contributed by atoms with Gasteiger partial charge in [-0.2, -0.15) is 8.42 Å². The largest absolute Gasteiger partial charge is 0.497 e. The lowest BCUT2D eigenvalue weighted by Gasteiger charge is -2.04. The van der Waals surface area contributed by atoms with Gasteiger partial charge in [-0.1, -0.05) is 17.7 Å². The molecule has 7 heteroatoms. The molecular formula is C18H16O6S. The molecule has 25 heavy (non-hydrogen) atoms. The fourth-order valence-electron chi connectivity index (χ4n) is 2.26. The molecular weight excluding hydrogens is 344 g/mol.